The molecule has 5 nitrogen and oxygen atoms in total. The lowest BCUT2D eigenvalue weighted by Crippen LogP contribution is -2.07. The van der Waals surface area contributed by atoms with Gasteiger partial charge in [0.15, 0.2) is 5.69 Å². The van der Waals surface area contributed by atoms with Crippen LogP contribution in [0.5, 0.6) is 0 Å². The molecule has 0 fully saturated rings. The number of aliphatic hydroxyl groups is 1. The van der Waals surface area contributed by atoms with E-state index in [9.17, 15) is 4.79 Å². The van der Waals surface area contributed by atoms with Crippen LogP contribution in [-0.2, 0) is 0 Å². The number of hydrogen-bond donors (Lipinski definition) is 3. The van der Waals surface area contributed by atoms with E-state index in [-0.39, 0.29) is 12.3 Å². The van der Waals surface area contributed by atoms with Crippen molar-refractivity contribution in [2.24, 2.45) is 0 Å². The van der Waals surface area contributed by atoms with Crippen LogP contribution in [0.1, 0.15) is 16.9 Å². The number of aliphatic hydroxyl groups excluding tert-OH is 1. The van der Waals surface area contributed by atoms with Gasteiger partial charge in [0, 0.05) is 13.2 Å². The maximum atomic E-state index is 10.6. The van der Waals surface area contributed by atoms with Crippen molar-refractivity contribution in [3.05, 3.63) is 23.9 Å². The lowest BCUT2D eigenvalue weighted by Gasteiger charge is -2.04. The van der Waals surface area contributed by atoms with E-state index in [0.717, 1.165) is 0 Å². The molecule has 14 heavy (non-hydrogen) atoms. The van der Waals surface area contributed by atoms with Crippen LogP contribution in [0.4, 0.5) is 5.82 Å². The van der Waals surface area contributed by atoms with E-state index < -0.39 is 5.97 Å². The zero-order valence-corrected chi connectivity index (χ0v) is 7.60. The molecule has 1 heterocycles. The summed E-state index contributed by atoms with van der Waals surface area (Å²) in [5.41, 5.74) is 0.0130. The number of carboxylic acids is 1. The SMILES string of the molecule is O=C(O)c1cccc(NCCCO)n1. The number of pyridine rings is 1. The van der Waals surface area contributed by atoms with Crippen LogP contribution in [0.15, 0.2) is 18.2 Å². The predicted octanol–water partition coefficient (Wildman–Crippen LogP) is 0.574. The van der Waals surface area contributed by atoms with Crippen molar-refractivity contribution in [2.45, 2.75) is 6.42 Å². The van der Waals surface area contributed by atoms with E-state index in [0.29, 0.717) is 18.8 Å². The molecule has 76 valence electrons. The molecule has 0 aliphatic carbocycles. The summed E-state index contributed by atoms with van der Waals surface area (Å²) in [5, 5.41) is 20.1. The van der Waals surface area contributed by atoms with Crippen LogP contribution in [0.3, 0.4) is 0 Å². The topological polar surface area (TPSA) is 82.5 Å². The molecule has 0 unspecified atom stereocenters. The van der Waals surface area contributed by atoms with Crippen molar-refractivity contribution in [3.8, 4) is 0 Å². The number of carboxylic acid groups (broad SMARTS) is 1. The zero-order valence-electron chi connectivity index (χ0n) is 7.60. The van der Waals surface area contributed by atoms with E-state index in [4.69, 9.17) is 10.2 Å². The third kappa shape index (κ3) is 3.02. The van der Waals surface area contributed by atoms with Gasteiger partial charge in [-0.2, -0.15) is 0 Å². The molecule has 0 bridgehead atoms. The molecular formula is C9H12N2O3. The van der Waals surface area contributed by atoms with Gasteiger partial charge in [-0.1, -0.05) is 6.07 Å². The third-order valence-corrected chi connectivity index (χ3v) is 1.61. The number of nitrogens with one attached hydrogen (secondary N) is 1. The Balaban J connectivity index is 2.59. The minimum absolute atomic E-state index is 0.0130. The first-order chi connectivity index (χ1) is 6.74. The molecule has 0 aliphatic rings. The van der Waals surface area contributed by atoms with Crippen LogP contribution in [0.2, 0.25) is 0 Å². The number of hydrogen-bond acceptors (Lipinski definition) is 4. The Morgan fingerprint density at radius 1 is 1.50 bits per heavy atom. The summed E-state index contributed by atoms with van der Waals surface area (Å²) in [6.45, 7) is 0.679. The van der Waals surface area contributed by atoms with Gasteiger partial charge in [-0.25, -0.2) is 9.78 Å². The van der Waals surface area contributed by atoms with Crippen molar-refractivity contribution >= 4 is 11.8 Å². The zero-order chi connectivity index (χ0) is 10.4. The maximum Gasteiger partial charge on any atom is 0.354 e. The minimum atomic E-state index is -1.05. The number of rotatable bonds is 5. The largest absolute Gasteiger partial charge is 0.477 e. The first-order valence-corrected chi connectivity index (χ1v) is 4.29. The smallest absolute Gasteiger partial charge is 0.354 e. The first kappa shape index (κ1) is 10.5. The minimum Gasteiger partial charge on any atom is -0.477 e. The van der Waals surface area contributed by atoms with Crippen molar-refractivity contribution < 1.29 is 15.0 Å². The van der Waals surface area contributed by atoms with E-state index in [1.807, 2.05) is 0 Å². The maximum absolute atomic E-state index is 10.6. The molecule has 0 saturated heterocycles. The van der Waals surface area contributed by atoms with Gasteiger partial charge >= 0.3 is 5.97 Å². The average Bonchev–Trinajstić information content (AvgIpc) is 2.19. The molecule has 0 atom stereocenters. The standard InChI is InChI=1S/C9H12N2O3/c12-6-2-5-10-8-4-1-3-7(11-8)9(13)14/h1,3-4,12H,2,5-6H2,(H,10,11)(H,13,14). The second-order valence-electron chi connectivity index (χ2n) is 2.72. The van der Waals surface area contributed by atoms with Crippen molar-refractivity contribution in [2.75, 3.05) is 18.5 Å². The molecule has 0 saturated carbocycles. The molecule has 1 aromatic heterocycles. The molecule has 0 spiro atoms. The van der Waals surface area contributed by atoms with Gasteiger partial charge in [0.1, 0.15) is 5.82 Å². The van der Waals surface area contributed by atoms with E-state index in [2.05, 4.69) is 10.3 Å². The molecule has 1 rings (SSSR count). The average molecular weight is 196 g/mol. The molecule has 5 heteroatoms. The first-order valence-electron chi connectivity index (χ1n) is 4.29. The Bertz CT molecular complexity index is 315. The Hall–Kier alpha value is -1.62. The van der Waals surface area contributed by atoms with Crippen LogP contribution in [0, 0.1) is 0 Å². The number of carbonyl (C=O) groups is 1. The molecule has 1 aromatic rings. The normalized spacial score (nSPS) is 9.79. The van der Waals surface area contributed by atoms with Crippen LogP contribution >= 0.6 is 0 Å². The fraction of sp³-hybridized carbons (Fsp3) is 0.333. The summed E-state index contributed by atoms with van der Waals surface area (Å²) in [4.78, 5) is 14.4. The summed E-state index contributed by atoms with van der Waals surface area (Å²) in [7, 11) is 0. The van der Waals surface area contributed by atoms with Gasteiger partial charge in [0.25, 0.3) is 0 Å². The number of aromatic carboxylic acids is 1. The molecule has 0 aliphatic heterocycles. The highest BCUT2D eigenvalue weighted by Gasteiger charge is 2.03. The summed E-state index contributed by atoms with van der Waals surface area (Å²) in [6, 6.07) is 4.74. The monoisotopic (exact) mass is 196 g/mol. The summed E-state index contributed by atoms with van der Waals surface area (Å²) in [5.74, 6) is -0.533. The highest BCUT2D eigenvalue weighted by molar-refractivity contribution is 5.85. The Morgan fingerprint density at radius 2 is 2.29 bits per heavy atom. The highest BCUT2D eigenvalue weighted by atomic mass is 16.4. The van der Waals surface area contributed by atoms with Crippen molar-refractivity contribution in [1.29, 1.82) is 0 Å². The van der Waals surface area contributed by atoms with Gasteiger partial charge < -0.3 is 15.5 Å². The Morgan fingerprint density at radius 3 is 2.93 bits per heavy atom. The Kier molecular flexibility index (Phi) is 3.87. The summed E-state index contributed by atoms with van der Waals surface area (Å²) in [6.07, 6.45) is 0.610. The van der Waals surface area contributed by atoms with Crippen molar-refractivity contribution in [3.63, 3.8) is 0 Å². The number of nitrogens with zero attached hydrogens (tertiary/aromatic N) is 1. The quantitative estimate of drug-likeness (QED) is 0.600. The van der Waals surface area contributed by atoms with Crippen LogP contribution < -0.4 is 5.32 Å². The Labute approximate surface area is 81.4 Å². The van der Waals surface area contributed by atoms with Gasteiger partial charge in [-0.15, -0.1) is 0 Å². The predicted molar refractivity (Wildman–Crippen MR) is 51.4 cm³/mol. The second-order valence-corrected chi connectivity index (χ2v) is 2.72. The highest BCUT2D eigenvalue weighted by Crippen LogP contribution is 2.04. The van der Waals surface area contributed by atoms with Gasteiger partial charge in [-0.05, 0) is 18.6 Å². The van der Waals surface area contributed by atoms with E-state index in [1.54, 1.807) is 12.1 Å². The molecule has 0 radical (unpaired) electrons. The number of anilines is 1. The molecule has 0 amide bonds. The van der Waals surface area contributed by atoms with Gasteiger partial charge in [0.05, 0.1) is 0 Å². The van der Waals surface area contributed by atoms with Gasteiger partial charge in [0.2, 0.25) is 0 Å². The summed E-state index contributed by atoms with van der Waals surface area (Å²) < 4.78 is 0. The third-order valence-electron chi connectivity index (χ3n) is 1.61. The van der Waals surface area contributed by atoms with Crippen LogP contribution in [0.25, 0.3) is 0 Å². The fourth-order valence-electron chi connectivity index (χ4n) is 0.948. The number of aromatic nitrogens is 1. The molecule has 0 aromatic carbocycles. The van der Waals surface area contributed by atoms with E-state index in [1.165, 1.54) is 6.07 Å². The second kappa shape index (κ2) is 5.18. The van der Waals surface area contributed by atoms with Crippen LogP contribution in [-0.4, -0.2) is 34.3 Å². The van der Waals surface area contributed by atoms with E-state index >= 15 is 0 Å². The van der Waals surface area contributed by atoms with Crippen molar-refractivity contribution in [1.82, 2.24) is 4.98 Å². The molecular weight excluding hydrogens is 184 g/mol. The lowest BCUT2D eigenvalue weighted by atomic mass is 10.3. The van der Waals surface area contributed by atoms with Gasteiger partial charge in [-0.3, -0.25) is 0 Å². The molecule has 3 N–H and O–H groups in total. The fourth-order valence-corrected chi connectivity index (χ4v) is 0.948. The summed E-state index contributed by atoms with van der Waals surface area (Å²) >= 11 is 0. The lowest BCUT2D eigenvalue weighted by molar-refractivity contribution is 0.0690.